The van der Waals surface area contributed by atoms with Gasteiger partial charge in [0.2, 0.25) is 5.91 Å². The van der Waals surface area contributed by atoms with Gasteiger partial charge in [-0.15, -0.1) is 0 Å². The number of carbonyl (C=O) groups is 1. The minimum absolute atomic E-state index is 0.539. The standard InChI is InChI=1S/C7H11F2NO/c1-3-5(8)4(2)7(11)10-6(3)9/h3-6H,1-2H3,(H,10,11). The Kier molecular flexibility index (Phi) is 2.11. The highest BCUT2D eigenvalue weighted by atomic mass is 19.1. The third kappa shape index (κ3) is 1.34. The molecule has 1 amide bonds. The van der Waals surface area contributed by atoms with E-state index in [1.165, 1.54) is 13.8 Å². The molecule has 0 bridgehead atoms. The summed E-state index contributed by atoms with van der Waals surface area (Å²) in [6, 6.07) is 0. The zero-order valence-corrected chi connectivity index (χ0v) is 6.47. The molecular weight excluding hydrogens is 152 g/mol. The van der Waals surface area contributed by atoms with E-state index < -0.39 is 30.2 Å². The van der Waals surface area contributed by atoms with E-state index in [2.05, 4.69) is 5.32 Å². The fourth-order valence-corrected chi connectivity index (χ4v) is 1.16. The van der Waals surface area contributed by atoms with Gasteiger partial charge in [-0.05, 0) is 0 Å². The third-order valence-corrected chi connectivity index (χ3v) is 2.14. The highest BCUT2D eigenvalue weighted by molar-refractivity contribution is 5.80. The lowest BCUT2D eigenvalue weighted by Crippen LogP contribution is -2.51. The average molecular weight is 163 g/mol. The Hall–Kier alpha value is -0.670. The molecular formula is C7H11F2NO. The van der Waals surface area contributed by atoms with Crippen molar-refractivity contribution in [3.05, 3.63) is 0 Å². The van der Waals surface area contributed by atoms with Gasteiger partial charge in [-0.25, -0.2) is 8.78 Å². The Balaban J connectivity index is 2.70. The number of carbonyl (C=O) groups excluding carboxylic acids is 1. The predicted octanol–water partition coefficient (Wildman–Crippen LogP) is 1.02. The number of halogens is 2. The van der Waals surface area contributed by atoms with E-state index in [0.717, 1.165) is 0 Å². The second kappa shape index (κ2) is 2.75. The van der Waals surface area contributed by atoms with E-state index in [4.69, 9.17) is 0 Å². The molecule has 1 aliphatic heterocycles. The first kappa shape index (κ1) is 8.43. The third-order valence-electron chi connectivity index (χ3n) is 2.14. The van der Waals surface area contributed by atoms with Crippen LogP contribution >= 0.6 is 0 Å². The quantitative estimate of drug-likeness (QED) is 0.531. The molecule has 0 radical (unpaired) electrons. The second-order valence-electron chi connectivity index (χ2n) is 3.00. The Morgan fingerprint density at radius 2 is 1.91 bits per heavy atom. The van der Waals surface area contributed by atoms with Gasteiger partial charge in [-0.3, -0.25) is 4.79 Å². The van der Waals surface area contributed by atoms with E-state index in [-0.39, 0.29) is 0 Å². The van der Waals surface area contributed by atoms with E-state index in [1.807, 2.05) is 0 Å². The average Bonchev–Trinajstić information content (AvgIpc) is 1.97. The number of hydrogen-bond donors (Lipinski definition) is 1. The zero-order valence-electron chi connectivity index (χ0n) is 6.47. The first-order valence-electron chi connectivity index (χ1n) is 3.62. The fourth-order valence-electron chi connectivity index (χ4n) is 1.16. The monoisotopic (exact) mass is 163 g/mol. The molecule has 0 aromatic heterocycles. The summed E-state index contributed by atoms with van der Waals surface area (Å²) in [5.41, 5.74) is 0. The molecule has 1 rings (SSSR count). The summed E-state index contributed by atoms with van der Waals surface area (Å²) in [4.78, 5) is 10.8. The zero-order chi connectivity index (χ0) is 8.59. The van der Waals surface area contributed by atoms with Gasteiger partial charge in [0, 0.05) is 5.92 Å². The van der Waals surface area contributed by atoms with Gasteiger partial charge in [0.1, 0.15) is 6.17 Å². The maximum atomic E-state index is 13.0. The van der Waals surface area contributed by atoms with Gasteiger partial charge >= 0.3 is 0 Å². The van der Waals surface area contributed by atoms with Crippen LogP contribution in [0, 0.1) is 11.8 Å². The van der Waals surface area contributed by atoms with Gasteiger partial charge in [-0.1, -0.05) is 13.8 Å². The lowest BCUT2D eigenvalue weighted by Gasteiger charge is -2.31. The Morgan fingerprint density at radius 1 is 1.36 bits per heavy atom. The van der Waals surface area contributed by atoms with E-state index >= 15 is 0 Å². The molecule has 11 heavy (non-hydrogen) atoms. The number of nitrogens with one attached hydrogen (secondary N) is 1. The Bertz CT molecular complexity index is 174. The first-order chi connectivity index (χ1) is 5.04. The molecule has 4 atom stereocenters. The SMILES string of the molecule is CC1C(=O)NC(F)C(C)C1F. The highest BCUT2D eigenvalue weighted by Gasteiger charge is 2.39. The van der Waals surface area contributed by atoms with Gasteiger partial charge in [0.25, 0.3) is 0 Å². The van der Waals surface area contributed by atoms with Crippen molar-refractivity contribution in [1.82, 2.24) is 5.32 Å². The van der Waals surface area contributed by atoms with E-state index in [0.29, 0.717) is 0 Å². The molecule has 1 N–H and O–H groups in total. The summed E-state index contributed by atoms with van der Waals surface area (Å²) < 4.78 is 25.6. The van der Waals surface area contributed by atoms with Crippen LogP contribution in [-0.2, 0) is 4.79 Å². The van der Waals surface area contributed by atoms with E-state index in [1.54, 1.807) is 0 Å². The number of amides is 1. The van der Waals surface area contributed by atoms with Crippen LogP contribution in [0.15, 0.2) is 0 Å². The molecule has 1 aliphatic rings. The van der Waals surface area contributed by atoms with Crippen LogP contribution in [0.2, 0.25) is 0 Å². The molecule has 0 aromatic rings. The molecule has 1 heterocycles. The summed E-state index contributed by atoms with van der Waals surface area (Å²) in [5, 5.41) is 2.06. The van der Waals surface area contributed by atoms with E-state index in [9.17, 15) is 13.6 Å². The van der Waals surface area contributed by atoms with Crippen molar-refractivity contribution in [2.24, 2.45) is 11.8 Å². The number of alkyl halides is 2. The minimum atomic E-state index is -1.53. The summed E-state index contributed by atoms with van der Waals surface area (Å²) >= 11 is 0. The maximum absolute atomic E-state index is 13.0. The van der Waals surface area contributed by atoms with Crippen LogP contribution in [0.1, 0.15) is 13.8 Å². The van der Waals surface area contributed by atoms with Crippen molar-refractivity contribution >= 4 is 5.91 Å². The molecule has 0 aliphatic carbocycles. The van der Waals surface area contributed by atoms with Gasteiger partial charge < -0.3 is 5.32 Å². The minimum Gasteiger partial charge on any atom is -0.326 e. The Labute approximate surface area is 64.0 Å². The van der Waals surface area contributed by atoms with Crippen LogP contribution in [0.25, 0.3) is 0 Å². The molecule has 0 saturated carbocycles. The smallest absolute Gasteiger partial charge is 0.227 e. The fraction of sp³-hybridized carbons (Fsp3) is 0.857. The summed E-state index contributed by atoms with van der Waals surface area (Å²) in [7, 11) is 0. The van der Waals surface area contributed by atoms with Crippen LogP contribution in [-0.4, -0.2) is 18.4 Å². The van der Waals surface area contributed by atoms with Crippen molar-refractivity contribution < 1.29 is 13.6 Å². The lowest BCUT2D eigenvalue weighted by molar-refractivity contribution is -0.135. The number of piperidine rings is 1. The van der Waals surface area contributed by atoms with Crippen LogP contribution < -0.4 is 5.32 Å². The van der Waals surface area contributed by atoms with Crippen molar-refractivity contribution in [3.8, 4) is 0 Å². The summed E-state index contributed by atoms with van der Waals surface area (Å²) in [5.74, 6) is -2.00. The van der Waals surface area contributed by atoms with Crippen molar-refractivity contribution in [3.63, 3.8) is 0 Å². The molecule has 0 aromatic carbocycles. The molecule has 4 unspecified atom stereocenters. The molecule has 0 spiro atoms. The number of hydrogen-bond acceptors (Lipinski definition) is 1. The van der Waals surface area contributed by atoms with Crippen LogP contribution in [0.5, 0.6) is 0 Å². The molecule has 4 heteroatoms. The van der Waals surface area contributed by atoms with Crippen molar-refractivity contribution in [2.45, 2.75) is 26.3 Å². The van der Waals surface area contributed by atoms with Crippen molar-refractivity contribution in [1.29, 1.82) is 0 Å². The number of rotatable bonds is 0. The lowest BCUT2D eigenvalue weighted by atomic mass is 9.89. The Morgan fingerprint density at radius 3 is 2.45 bits per heavy atom. The van der Waals surface area contributed by atoms with Crippen LogP contribution in [0.3, 0.4) is 0 Å². The highest BCUT2D eigenvalue weighted by Crippen LogP contribution is 2.25. The van der Waals surface area contributed by atoms with Crippen LogP contribution in [0.4, 0.5) is 8.78 Å². The molecule has 2 nitrogen and oxygen atoms in total. The molecule has 1 saturated heterocycles. The largest absolute Gasteiger partial charge is 0.326 e. The summed E-state index contributed by atoms with van der Waals surface area (Å²) in [6.45, 7) is 2.91. The van der Waals surface area contributed by atoms with Gasteiger partial charge in [0.05, 0.1) is 5.92 Å². The van der Waals surface area contributed by atoms with Gasteiger partial charge in [0.15, 0.2) is 6.30 Å². The second-order valence-corrected chi connectivity index (χ2v) is 3.00. The molecule has 1 fully saturated rings. The first-order valence-corrected chi connectivity index (χ1v) is 3.62. The topological polar surface area (TPSA) is 29.1 Å². The normalized spacial score (nSPS) is 45.3. The predicted molar refractivity (Wildman–Crippen MR) is 36.3 cm³/mol. The van der Waals surface area contributed by atoms with Crippen molar-refractivity contribution in [2.75, 3.05) is 0 Å². The summed E-state index contributed by atoms with van der Waals surface area (Å²) in [6.07, 6.45) is -2.90. The molecule has 64 valence electrons. The van der Waals surface area contributed by atoms with Gasteiger partial charge in [-0.2, -0.15) is 0 Å². The maximum Gasteiger partial charge on any atom is 0.227 e.